The fourth-order valence-corrected chi connectivity index (χ4v) is 2.37. The van der Waals surface area contributed by atoms with Crippen LogP contribution in [0.3, 0.4) is 0 Å². The Hall–Kier alpha value is -2.57. The molecular formula is C19H22ClN3O3. The van der Waals surface area contributed by atoms with E-state index in [9.17, 15) is 14.7 Å². The van der Waals surface area contributed by atoms with Gasteiger partial charge < -0.3 is 20.6 Å². The molecule has 0 aliphatic heterocycles. The second kappa shape index (κ2) is 9.22. The minimum absolute atomic E-state index is 0.0471. The summed E-state index contributed by atoms with van der Waals surface area (Å²) in [6.07, 6.45) is -0.890. The molecule has 6 nitrogen and oxygen atoms in total. The molecule has 0 bridgehead atoms. The van der Waals surface area contributed by atoms with E-state index in [0.29, 0.717) is 10.6 Å². The van der Waals surface area contributed by atoms with Crippen LogP contribution in [0.1, 0.15) is 17.2 Å². The summed E-state index contributed by atoms with van der Waals surface area (Å²) < 4.78 is 0. The standard InChI is InChI=1S/C19H22ClN3O3/c1-23(2)16-9-5-14(6-10-16)17(24)12-22-19(26)18(25)21-11-13-3-7-15(20)8-4-13/h3-10,17,24H,11-12H2,1-2H3,(H,21,25)(H,22,26). The Bertz CT molecular complexity index is 746. The molecule has 1 unspecified atom stereocenters. The van der Waals surface area contributed by atoms with Crippen LogP contribution in [0.5, 0.6) is 0 Å². The van der Waals surface area contributed by atoms with Gasteiger partial charge in [-0.2, -0.15) is 0 Å². The van der Waals surface area contributed by atoms with Crippen LogP contribution in [0.15, 0.2) is 48.5 Å². The Morgan fingerprint density at radius 1 is 1.00 bits per heavy atom. The molecule has 3 N–H and O–H groups in total. The lowest BCUT2D eigenvalue weighted by molar-refractivity contribution is -0.139. The highest BCUT2D eigenvalue weighted by Gasteiger charge is 2.15. The van der Waals surface area contributed by atoms with Crippen molar-refractivity contribution in [3.63, 3.8) is 0 Å². The largest absolute Gasteiger partial charge is 0.387 e. The van der Waals surface area contributed by atoms with Gasteiger partial charge in [-0.05, 0) is 35.4 Å². The molecule has 0 saturated heterocycles. The van der Waals surface area contributed by atoms with Crippen LogP contribution in [0.4, 0.5) is 5.69 Å². The lowest BCUT2D eigenvalue weighted by Gasteiger charge is -2.15. The first kappa shape index (κ1) is 19.8. The van der Waals surface area contributed by atoms with Crippen molar-refractivity contribution in [2.75, 3.05) is 25.5 Å². The number of amides is 2. The van der Waals surface area contributed by atoms with Crippen LogP contribution in [0.25, 0.3) is 0 Å². The summed E-state index contributed by atoms with van der Waals surface area (Å²) in [4.78, 5) is 25.6. The van der Waals surface area contributed by atoms with Crippen molar-refractivity contribution in [3.8, 4) is 0 Å². The van der Waals surface area contributed by atoms with E-state index in [1.165, 1.54) is 0 Å². The summed E-state index contributed by atoms with van der Waals surface area (Å²) in [6, 6.07) is 14.3. The molecule has 0 aliphatic carbocycles. The highest BCUT2D eigenvalue weighted by atomic mass is 35.5. The van der Waals surface area contributed by atoms with E-state index in [1.807, 2.05) is 31.1 Å². The van der Waals surface area contributed by atoms with E-state index < -0.39 is 17.9 Å². The monoisotopic (exact) mass is 375 g/mol. The third-order valence-corrected chi connectivity index (χ3v) is 4.07. The van der Waals surface area contributed by atoms with Gasteiger partial charge in [0.15, 0.2) is 0 Å². The summed E-state index contributed by atoms with van der Waals surface area (Å²) in [5.74, 6) is -1.54. The average molecular weight is 376 g/mol. The molecule has 7 heteroatoms. The number of carbonyl (C=O) groups is 2. The molecule has 0 heterocycles. The Kier molecular flexibility index (Phi) is 7.00. The summed E-state index contributed by atoms with van der Waals surface area (Å²) in [7, 11) is 3.85. The molecule has 26 heavy (non-hydrogen) atoms. The topological polar surface area (TPSA) is 81.7 Å². The molecule has 0 fully saturated rings. The normalized spacial score (nSPS) is 11.5. The number of aliphatic hydroxyl groups is 1. The highest BCUT2D eigenvalue weighted by molar-refractivity contribution is 6.35. The first-order valence-corrected chi connectivity index (χ1v) is 8.50. The SMILES string of the molecule is CN(C)c1ccc(C(O)CNC(=O)C(=O)NCc2ccc(Cl)cc2)cc1. The maximum atomic E-state index is 11.8. The molecule has 0 saturated carbocycles. The van der Waals surface area contributed by atoms with Gasteiger partial charge in [0, 0.05) is 37.9 Å². The molecule has 1 atom stereocenters. The smallest absolute Gasteiger partial charge is 0.309 e. The van der Waals surface area contributed by atoms with Gasteiger partial charge in [0.2, 0.25) is 0 Å². The predicted octanol–water partition coefficient (Wildman–Crippen LogP) is 1.87. The zero-order valence-electron chi connectivity index (χ0n) is 14.7. The number of rotatable bonds is 6. The van der Waals surface area contributed by atoms with Gasteiger partial charge in [0.1, 0.15) is 0 Å². The van der Waals surface area contributed by atoms with Gasteiger partial charge in [-0.1, -0.05) is 35.9 Å². The van der Waals surface area contributed by atoms with E-state index in [-0.39, 0.29) is 13.1 Å². The van der Waals surface area contributed by atoms with Crippen LogP contribution in [0.2, 0.25) is 5.02 Å². The quantitative estimate of drug-likeness (QED) is 0.673. The number of carbonyl (C=O) groups excluding carboxylic acids is 2. The molecule has 0 aliphatic rings. The number of anilines is 1. The fraction of sp³-hybridized carbons (Fsp3) is 0.263. The number of nitrogens with zero attached hydrogens (tertiary/aromatic N) is 1. The Balaban J connectivity index is 1.79. The van der Waals surface area contributed by atoms with Crippen LogP contribution in [-0.4, -0.2) is 37.6 Å². The predicted molar refractivity (Wildman–Crippen MR) is 102 cm³/mol. The Morgan fingerprint density at radius 2 is 1.58 bits per heavy atom. The van der Waals surface area contributed by atoms with E-state index in [4.69, 9.17) is 11.6 Å². The fourth-order valence-electron chi connectivity index (χ4n) is 2.25. The average Bonchev–Trinajstić information content (AvgIpc) is 2.65. The molecule has 0 aromatic heterocycles. The lowest BCUT2D eigenvalue weighted by atomic mass is 10.1. The summed E-state index contributed by atoms with van der Waals surface area (Å²) in [5, 5.41) is 15.7. The Morgan fingerprint density at radius 3 is 2.15 bits per heavy atom. The second-order valence-corrected chi connectivity index (χ2v) is 6.46. The van der Waals surface area contributed by atoms with Crippen molar-refractivity contribution in [2.45, 2.75) is 12.6 Å². The minimum Gasteiger partial charge on any atom is -0.387 e. The maximum Gasteiger partial charge on any atom is 0.309 e. The molecular weight excluding hydrogens is 354 g/mol. The van der Waals surface area contributed by atoms with Crippen molar-refractivity contribution in [2.24, 2.45) is 0 Å². The van der Waals surface area contributed by atoms with Crippen LogP contribution in [0, 0.1) is 0 Å². The molecule has 2 aromatic carbocycles. The van der Waals surface area contributed by atoms with Gasteiger partial charge in [-0.3, -0.25) is 9.59 Å². The number of halogens is 1. The van der Waals surface area contributed by atoms with Gasteiger partial charge >= 0.3 is 11.8 Å². The molecule has 138 valence electrons. The molecule has 2 amide bonds. The van der Waals surface area contributed by atoms with Gasteiger partial charge in [-0.15, -0.1) is 0 Å². The van der Waals surface area contributed by atoms with Crippen molar-refractivity contribution in [1.82, 2.24) is 10.6 Å². The van der Waals surface area contributed by atoms with E-state index in [0.717, 1.165) is 11.3 Å². The summed E-state index contributed by atoms with van der Waals surface area (Å²) >= 11 is 5.79. The number of nitrogens with one attached hydrogen (secondary N) is 2. The van der Waals surface area contributed by atoms with E-state index in [1.54, 1.807) is 36.4 Å². The molecule has 2 aromatic rings. The molecule has 2 rings (SSSR count). The number of aliphatic hydroxyl groups excluding tert-OH is 1. The van der Waals surface area contributed by atoms with Crippen LogP contribution in [-0.2, 0) is 16.1 Å². The van der Waals surface area contributed by atoms with Crippen molar-refractivity contribution in [3.05, 3.63) is 64.7 Å². The highest BCUT2D eigenvalue weighted by Crippen LogP contribution is 2.17. The number of hydrogen-bond acceptors (Lipinski definition) is 4. The third kappa shape index (κ3) is 5.75. The third-order valence-electron chi connectivity index (χ3n) is 3.82. The van der Waals surface area contributed by atoms with Crippen LogP contribution >= 0.6 is 11.6 Å². The van der Waals surface area contributed by atoms with Crippen molar-refractivity contribution >= 4 is 29.1 Å². The zero-order valence-corrected chi connectivity index (χ0v) is 15.5. The van der Waals surface area contributed by atoms with Gasteiger partial charge in [0.05, 0.1) is 6.10 Å². The zero-order chi connectivity index (χ0) is 19.1. The lowest BCUT2D eigenvalue weighted by Crippen LogP contribution is -2.41. The van der Waals surface area contributed by atoms with E-state index >= 15 is 0 Å². The Labute approximate surface area is 157 Å². The molecule has 0 radical (unpaired) electrons. The minimum atomic E-state index is -0.890. The first-order valence-electron chi connectivity index (χ1n) is 8.12. The van der Waals surface area contributed by atoms with Crippen LogP contribution < -0.4 is 15.5 Å². The van der Waals surface area contributed by atoms with Gasteiger partial charge in [-0.25, -0.2) is 0 Å². The van der Waals surface area contributed by atoms with Gasteiger partial charge in [0.25, 0.3) is 0 Å². The first-order chi connectivity index (χ1) is 12.4. The number of hydrogen-bond donors (Lipinski definition) is 3. The molecule has 0 spiro atoms. The number of benzene rings is 2. The van der Waals surface area contributed by atoms with Crippen molar-refractivity contribution in [1.29, 1.82) is 0 Å². The van der Waals surface area contributed by atoms with Crippen molar-refractivity contribution < 1.29 is 14.7 Å². The van der Waals surface area contributed by atoms with E-state index in [2.05, 4.69) is 10.6 Å². The second-order valence-electron chi connectivity index (χ2n) is 6.02. The summed E-state index contributed by atoms with van der Waals surface area (Å²) in [6.45, 7) is 0.173. The summed E-state index contributed by atoms with van der Waals surface area (Å²) in [5.41, 5.74) is 2.50. The maximum absolute atomic E-state index is 11.8.